The molecule has 1 aliphatic rings. The zero-order valence-corrected chi connectivity index (χ0v) is 10.5. The zero-order valence-electron chi connectivity index (χ0n) is 9.73. The highest BCUT2D eigenvalue weighted by Gasteiger charge is 2.36. The number of nitrogens with one attached hydrogen (secondary N) is 2. The van der Waals surface area contributed by atoms with Gasteiger partial charge < -0.3 is 15.8 Å². The van der Waals surface area contributed by atoms with Crippen molar-refractivity contribution in [3.8, 4) is 0 Å². The van der Waals surface area contributed by atoms with Crippen LogP contribution in [0.2, 0.25) is 0 Å². The largest absolute Gasteiger partial charge is 0.394 e. The molecule has 6 nitrogen and oxygen atoms in total. The van der Waals surface area contributed by atoms with Crippen LogP contribution in [-0.4, -0.2) is 33.5 Å². The van der Waals surface area contributed by atoms with Gasteiger partial charge in [-0.3, -0.25) is 0 Å². The summed E-state index contributed by atoms with van der Waals surface area (Å²) in [7, 11) is 0. The Labute approximate surface area is 104 Å². The number of aromatic nitrogens is 2. The topological polar surface area (TPSA) is 96.1 Å². The molecular weight excluding hydrogens is 238 g/mol. The highest BCUT2D eigenvalue weighted by Crippen LogP contribution is 2.34. The van der Waals surface area contributed by atoms with E-state index < -0.39 is 0 Å². The Morgan fingerprint density at radius 1 is 1.47 bits per heavy atom. The van der Waals surface area contributed by atoms with E-state index in [9.17, 15) is 5.11 Å². The summed E-state index contributed by atoms with van der Waals surface area (Å²) in [6.45, 7) is 0.122. The minimum atomic E-state index is -0.212. The first-order valence-electron chi connectivity index (χ1n) is 5.50. The maximum atomic E-state index is 9.40. The SMILES string of the molecule is CSc1nc(NN)cc(NC2(CO)CCC2)n1. The summed E-state index contributed by atoms with van der Waals surface area (Å²) in [6, 6.07) is 1.75. The standard InChI is InChI=1S/C10H17N5OS/c1-17-9-12-7(5-8(13-9)15-11)14-10(6-16)3-2-4-10/h5,16H,2-4,6,11H2,1H3,(H2,12,13,14,15). The highest BCUT2D eigenvalue weighted by molar-refractivity contribution is 7.98. The Kier molecular flexibility index (Phi) is 3.70. The van der Waals surface area contributed by atoms with Crippen LogP contribution in [0.25, 0.3) is 0 Å². The molecule has 1 heterocycles. The molecule has 7 heteroatoms. The Hall–Kier alpha value is -1.05. The molecule has 0 aromatic carbocycles. The van der Waals surface area contributed by atoms with Crippen LogP contribution in [0.4, 0.5) is 11.6 Å². The van der Waals surface area contributed by atoms with E-state index in [-0.39, 0.29) is 12.1 Å². The highest BCUT2D eigenvalue weighted by atomic mass is 32.2. The smallest absolute Gasteiger partial charge is 0.191 e. The van der Waals surface area contributed by atoms with E-state index in [0.717, 1.165) is 19.3 Å². The van der Waals surface area contributed by atoms with Gasteiger partial charge in [-0.25, -0.2) is 15.8 Å². The third-order valence-electron chi connectivity index (χ3n) is 3.04. The van der Waals surface area contributed by atoms with E-state index in [0.29, 0.717) is 16.8 Å². The maximum absolute atomic E-state index is 9.40. The van der Waals surface area contributed by atoms with Gasteiger partial charge in [0.25, 0.3) is 0 Å². The number of aliphatic hydroxyl groups excluding tert-OH is 1. The van der Waals surface area contributed by atoms with Crippen molar-refractivity contribution in [2.75, 3.05) is 23.6 Å². The summed E-state index contributed by atoms with van der Waals surface area (Å²) >= 11 is 1.45. The first-order chi connectivity index (χ1) is 8.21. The van der Waals surface area contributed by atoms with Gasteiger partial charge in [-0.05, 0) is 25.5 Å². The number of nitrogen functional groups attached to an aromatic ring is 1. The minimum Gasteiger partial charge on any atom is -0.394 e. The number of hydrazine groups is 1. The normalized spacial score (nSPS) is 17.4. The van der Waals surface area contributed by atoms with Gasteiger partial charge in [0.15, 0.2) is 5.16 Å². The molecule has 1 aromatic rings. The van der Waals surface area contributed by atoms with Crippen molar-refractivity contribution in [3.63, 3.8) is 0 Å². The summed E-state index contributed by atoms with van der Waals surface area (Å²) in [5.74, 6) is 6.63. The molecule has 0 unspecified atom stereocenters. The van der Waals surface area contributed by atoms with Crippen LogP contribution >= 0.6 is 11.8 Å². The van der Waals surface area contributed by atoms with E-state index in [4.69, 9.17) is 5.84 Å². The molecule has 0 saturated heterocycles. The molecule has 0 amide bonds. The number of anilines is 2. The Morgan fingerprint density at radius 2 is 2.18 bits per heavy atom. The van der Waals surface area contributed by atoms with Crippen molar-refractivity contribution in [1.29, 1.82) is 0 Å². The lowest BCUT2D eigenvalue weighted by atomic mass is 9.77. The predicted molar refractivity (Wildman–Crippen MR) is 68.9 cm³/mol. The van der Waals surface area contributed by atoms with Crippen LogP contribution in [0.15, 0.2) is 11.2 Å². The molecule has 1 aliphatic carbocycles. The molecule has 5 N–H and O–H groups in total. The summed E-state index contributed by atoms with van der Waals surface area (Å²) in [5.41, 5.74) is 2.30. The predicted octanol–water partition coefficient (Wildman–Crippen LogP) is 0.811. The van der Waals surface area contributed by atoms with Gasteiger partial charge in [0.2, 0.25) is 0 Å². The fraction of sp³-hybridized carbons (Fsp3) is 0.600. The van der Waals surface area contributed by atoms with Crippen LogP contribution in [-0.2, 0) is 0 Å². The zero-order chi connectivity index (χ0) is 12.3. The van der Waals surface area contributed by atoms with Crippen LogP contribution in [0, 0.1) is 0 Å². The van der Waals surface area contributed by atoms with Gasteiger partial charge in [0, 0.05) is 6.07 Å². The lowest BCUT2D eigenvalue weighted by Gasteiger charge is -2.41. The number of hydrogen-bond donors (Lipinski definition) is 4. The quantitative estimate of drug-likeness (QED) is 0.267. The van der Waals surface area contributed by atoms with Crippen LogP contribution in [0.1, 0.15) is 19.3 Å². The molecule has 0 aliphatic heterocycles. The molecule has 0 spiro atoms. The lowest BCUT2D eigenvalue weighted by Crippen LogP contribution is -2.48. The molecule has 0 radical (unpaired) electrons. The van der Waals surface area contributed by atoms with Crippen molar-refractivity contribution in [2.24, 2.45) is 5.84 Å². The molecule has 1 aromatic heterocycles. The summed E-state index contributed by atoms with van der Waals surface area (Å²) < 4.78 is 0. The molecule has 0 bridgehead atoms. The monoisotopic (exact) mass is 255 g/mol. The summed E-state index contributed by atoms with van der Waals surface area (Å²) in [4.78, 5) is 8.53. The van der Waals surface area contributed by atoms with E-state index >= 15 is 0 Å². The fourth-order valence-electron chi connectivity index (χ4n) is 1.85. The summed E-state index contributed by atoms with van der Waals surface area (Å²) in [6.07, 6.45) is 4.97. The number of nitrogens with two attached hydrogens (primary N) is 1. The number of nitrogens with zero attached hydrogens (tertiary/aromatic N) is 2. The van der Waals surface area contributed by atoms with Crippen LogP contribution in [0.5, 0.6) is 0 Å². The van der Waals surface area contributed by atoms with Crippen molar-refractivity contribution in [1.82, 2.24) is 9.97 Å². The molecule has 1 fully saturated rings. The van der Waals surface area contributed by atoms with E-state index in [1.54, 1.807) is 6.07 Å². The fourth-order valence-corrected chi connectivity index (χ4v) is 2.23. The average molecular weight is 255 g/mol. The number of aliphatic hydroxyl groups is 1. The maximum Gasteiger partial charge on any atom is 0.191 e. The van der Waals surface area contributed by atoms with E-state index in [1.807, 2.05) is 6.26 Å². The van der Waals surface area contributed by atoms with Crippen molar-refractivity contribution >= 4 is 23.4 Å². The Balaban J connectivity index is 2.19. The molecular formula is C10H17N5OS. The third kappa shape index (κ3) is 2.62. The second-order valence-electron chi connectivity index (χ2n) is 4.19. The number of hydrogen-bond acceptors (Lipinski definition) is 7. The molecule has 94 valence electrons. The molecule has 0 atom stereocenters. The Bertz CT molecular complexity index is 369. The number of rotatable bonds is 5. The van der Waals surface area contributed by atoms with Gasteiger partial charge in [0.1, 0.15) is 11.6 Å². The first kappa shape index (κ1) is 12.4. The average Bonchev–Trinajstić information content (AvgIpc) is 2.33. The molecule has 17 heavy (non-hydrogen) atoms. The van der Waals surface area contributed by atoms with Gasteiger partial charge in [-0.15, -0.1) is 0 Å². The minimum absolute atomic E-state index is 0.122. The third-order valence-corrected chi connectivity index (χ3v) is 3.59. The van der Waals surface area contributed by atoms with Crippen molar-refractivity contribution < 1.29 is 5.11 Å². The second kappa shape index (κ2) is 5.07. The van der Waals surface area contributed by atoms with E-state index in [2.05, 4.69) is 20.7 Å². The van der Waals surface area contributed by atoms with Gasteiger partial charge in [0.05, 0.1) is 12.1 Å². The summed E-state index contributed by atoms with van der Waals surface area (Å²) in [5, 5.41) is 13.3. The Morgan fingerprint density at radius 3 is 2.65 bits per heavy atom. The second-order valence-corrected chi connectivity index (χ2v) is 4.96. The molecule has 2 rings (SSSR count). The van der Waals surface area contributed by atoms with Gasteiger partial charge in [-0.2, -0.15) is 0 Å². The van der Waals surface area contributed by atoms with Crippen LogP contribution < -0.4 is 16.6 Å². The van der Waals surface area contributed by atoms with E-state index in [1.165, 1.54) is 11.8 Å². The van der Waals surface area contributed by atoms with Crippen LogP contribution in [0.3, 0.4) is 0 Å². The lowest BCUT2D eigenvalue weighted by molar-refractivity contribution is 0.143. The number of thioether (sulfide) groups is 1. The van der Waals surface area contributed by atoms with Gasteiger partial charge in [-0.1, -0.05) is 11.8 Å². The van der Waals surface area contributed by atoms with Crippen molar-refractivity contribution in [2.45, 2.75) is 30.0 Å². The molecule has 1 saturated carbocycles. The van der Waals surface area contributed by atoms with Gasteiger partial charge >= 0.3 is 0 Å². The first-order valence-corrected chi connectivity index (χ1v) is 6.72. The van der Waals surface area contributed by atoms with Crippen molar-refractivity contribution in [3.05, 3.63) is 6.07 Å².